The summed E-state index contributed by atoms with van der Waals surface area (Å²) in [5, 5.41) is 3.64. The largest absolute Gasteiger partial charge is 0.310 e. The fourth-order valence-electron chi connectivity index (χ4n) is 2.33. The zero-order valence-electron chi connectivity index (χ0n) is 12.4. The van der Waals surface area contributed by atoms with E-state index in [1.165, 1.54) is 21.2 Å². The molecular formula is C17H20Br2N2. The minimum Gasteiger partial charge on any atom is -0.310 e. The lowest BCUT2D eigenvalue weighted by molar-refractivity contribution is 0.527. The van der Waals surface area contributed by atoms with Crippen LogP contribution < -0.4 is 5.32 Å². The van der Waals surface area contributed by atoms with Gasteiger partial charge in [-0.05, 0) is 71.1 Å². The summed E-state index contributed by atoms with van der Waals surface area (Å²) in [7, 11) is 0. The maximum absolute atomic E-state index is 4.26. The molecule has 1 aromatic carbocycles. The molecule has 1 heterocycles. The Morgan fingerprint density at radius 3 is 2.67 bits per heavy atom. The average Bonchev–Trinajstić information content (AvgIpc) is 2.44. The van der Waals surface area contributed by atoms with Crippen LogP contribution in [0.3, 0.4) is 0 Å². The Balaban J connectivity index is 2.25. The van der Waals surface area contributed by atoms with Gasteiger partial charge in [0.25, 0.3) is 0 Å². The Morgan fingerprint density at radius 1 is 1.19 bits per heavy atom. The van der Waals surface area contributed by atoms with Crippen LogP contribution in [0.2, 0.25) is 0 Å². The highest BCUT2D eigenvalue weighted by atomic mass is 79.9. The number of benzene rings is 1. The lowest BCUT2D eigenvalue weighted by Gasteiger charge is -2.21. The molecule has 112 valence electrons. The Kier molecular flexibility index (Phi) is 6.40. The standard InChI is InChI=1S/C17H20Br2N2/c1-3-6-21-17(9-13-8-14(18)11-20-10-13)15-5-4-12(2)7-16(15)19/h4-5,7-8,10-11,17,21H,3,6,9H2,1-2H3. The highest BCUT2D eigenvalue weighted by molar-refractivity contribution is 9.10. The maximum atomic E-state index is 4.26. The third-order valence-corrected chi connectivity index (χ3v) is 4.49. The number of halogens is 2. The molecular weight excluding hydrogens is 392 g/mol. The van der Waals surface area contributed by atoms with Gasteiger partial charge in [0.05, 0.1) is 0 Å². The number of aromatic nitrogens is 1. The molecule has 2 rings (SSSR count). The van der Waals surface area contributed by atoms with Crippen LogP contribution in [0.5, 0.6) is 0 Å². The van der Waals surface area contributed by atoms with E-state index in [0.29, 0.717) is 0 Å². The summed E-state index contributed by atoms with van der Waals surface area (Å²) in [4.78, 5) is 4.26. The molecule has 0 fully saturated rings. The van der Waals surface area contributed by atoms with Crippen molar-refractivity contribution in [3.63, 3.8) is 0 Å². The summed E-state index contributed by atoms with van der Waals surface area (Å²) in [6, 6.07) is 8.97. The van der Waals surface area contributed by atoms with Gasteiger partial charge in [-0.2, -0.15) is 0 Å². The first kappa shape index (κ1) is 16.7. The van der Waals surface area contributed by atoms with E-state index >= 15 is 0 Å². The predicted octanol–water partition coefficient (Wildman–Crippen LogP) is 5.20. The highest BCUT2D eigenvalue weighted by Crippen LogP contribution is 2.27. The van der Waals surface area contributed by atoms with Crippen molar-refractivity contribution in [2.45, 2.75) is 32.7 Å². The molecule has 4 heteroatoms. The monoisotopic (exact) mass is 410 g/mol. The predicted molar refractivity (Wildman–Crippen MR) is 95.6 cm³/mol. The van der Waals surface area contributed by atoms with Crippen LogP contribution >= 0.6 is 31.9 Å². The minimum absolute atomic E-state index is 0.288. The second kappa shape index (κ2) is 8.06. The summed E-state index contributed by atoms with van der Waals surface area (Å²) in [6.07, 6.45) is 5.80. The fraction of sp³-hybridized carbons (Fsp3) is 0.353. The van der Waals surface area contributed by atoms with Crippen molar-refractivity contribution in [3.8, 4) is 0 Å². The van der Waals surface area contributed by atoms with E-state index in [9.17, 15) is 0 Å². The van der Waals surface area contributed by atoms with Crippen LogP contribution in [-0.4, -0.2) is 11.5 Å². The molecule has 21 heavy (non-hydrogen) atoms. The van der Waals surface area contributed by atoms with Crippen LogP contribution in [0.4, 0.5) is 0 Å². The molecule has 0 amide bonds. The first-order valence-electron chi connectivity index (χ1n) is 7.19. The quantitative estimate of drug-likeness (QED) is 0.706. The number of aryl methyl sites for hydroxylation is 1. The van der Waals surface area contributed by atoms with Crippen LogP contribution in [0.1, 0.15) is 36.1 Å². The molecule has 0 radical (unpaired) electrons. The molecule has 1 N–H and O–H groups in total. The van der Waals surface area contributed by atoms with E-state index in [1.54, 1.807) is 0 Å². The van der Waals surface area contributed by atoms with Gasteiger partial charge in [-0.3, -0.25) is 4.98 Å². The Morgan fingerprint density at radius 2 is 2.00 bits per heavy atom. The topological polar surface area (TPSA) is 24.9 Å². The van der Waals surface area contributed by atoms with E-state index in [4.69, 9.17) is 0 Å². The lowest BCUT2D eigenvalue weighted by atomic mass is 9.98. The van der Waals surface area contributed by atoms with Crippen molar-refractivity contribution in [3.05, 3.63) is 62.3 Å². The summed E-state index contributed by atoms with van der Waals surface area (Å²) in [6.45, 7) is 5.31. The molecule has 0 saturated heterocycles. The van der Waals surface area contributed by atoms with Gasteiger partial charge in [0.15, 0.2) is 0 Å². The van der Waals surface area contributed by atoms with E-state index in [0.717, 1.165) is 23.9 Å². The Bertz CT molecular complexity index is 599. The van der Waals surface area contributed by atoms with E-state index in [2.05, 4.69) is 80.3 Å². The minimum atomic E-state index is 0.288. The van der Waals surface area contributed by atoms with Crippen molar-refractivity contribution in [1.82, 2.24) is 10.3 Å². The van der Waals surface area contributed by atoms with Crippen molar-refractivity contribution in [1.29, 1.82) is 0 Å². The summed E-state index contributed by atoms with van der Waals surface area (Å²) < 4.78 is 2.19. The second-order valence-electron chi connectivity index (χ2n) is 5.25. The van der Waals surface area contributed by atoms with E-state index in [1.807, 2.05) is 12.4 Å². The van der Waals surface area contributed by atoms with E-state index in [-0.39, 0.29) is 6.04 Å². The normalized spacial score (nSPS) is 12.4. The molecule has 1 atom stereocenters. The Labute approximate surface area is 143 Å². The fourth-order valence-corrected chi connectivity index (χ4v) is 3.51. The van der Waals surface area contributed by atoms with E-state index < -0.39 is 0 Å². The summed E-state index contributed by atoms with van der Waals surface area (Å²) >= 11 is 7.20. The highest BCUT2D eigenvalue weighted by Gasteiger charge is 2.15. The molecule has 2 nitrogen and oxygen atoms in total. The van der Waals surface area contributed by atoms with Gasteiger partial charge in [0, 0.05) is 27.4 Å². The Hall–Kier alpha value is -0.710. The van der Waals surface area contributed by atoms with Crippen molar-refractivity contribution >= 4 is 31.9 Å². The molecule has 2 aromatic rings. The molecule has 0 aliphatic rings. The van der Waals surface area contributed by atoms with Gasteiger partial charge in [-0.1, -0.05) is 35.0 Å². The molecule has 1 unspecified atom stereocenters. The molecule has 0 bridgehead atoms. The first-order valence-corrected chi connectivity index (χ1v) is 8.77. The van der Waals surface area contributed by atoms with Crippen LogP contribution in [-0.2, 0) is 6.42 Å². The van der Waals surface area contributed by atoms with Crippen molar-refractivity contribution in [2.75, 3.05) is 6.54 Å². The number of nitrogens with one attached hydrogen (secondary N) is 1. The van der Waals surface area contributed by atoms with Gasteiger partial charge < -0.3 is 5.32 Å². The van der Waals surface area contributed by atoms with Crippen molar-refractivity contribution < 1.29 is 0 Å². The van der Waals surface area contributed by atoms with Gasteiger partial charge in [-0.25, -0.2) is 0 Å². The average molecular weight is 412 g/mol. The third kappa shape index (κ3) is 4.90. The molecule has 0 aliphatic carbocycles. The first-order chi connectivity index (χ1) is 10.1. The molecule has 0 spiro atoms. The van der Waals surface area contributed by atoms with Gasteiger partial charge in [0.1, 0.15) is 0 Å². The lowest BCUT2D eigenvalue weighted by Crippen LogP contribution is -2.24. The van der Waals surface area contributed by atoms with Crippen LogP contribution in [0, 0.1) is 6.92 Å². The number of rotatable bonds is 6. The number of nitrogens with zero attached hydrogens (tertiary/aromatic N) is 1. The van der Waals surface area contributed by atoms with Gasteiger partial charge >= 0.3 is 0 Å². The molecule has 1 aromatic heterocycles. The summed E-state index contributed by atoms with van der Waals surface area (Å²) in [5.74, 6) is 0. The second-order valence-corrected chi connectivity index (χ2v) is 7.02. The van der Waals surface area contributed by atoms with Crippen LogP contribution in [0.15, 0.2) is 45.6 Å². The van der Waals surface area contributed by atoms with Gasteiger partial charge in [0.2, 0.25) is 0 Å². The number of pyridine rings is 1. The third-order valence-electron chi connectivity index (χ3n) is 3.37. The van der Waals surface area contributed by atoms with Crippen LogP contribution in [0.25, 0.3) is 0 Å². The zero-order chi connectivity index (χ0) is 15.2. The maximum Gasteiger partial charge on any atom is 0.0410 e. The summed E-state index contributed by atoms with van der Waals surface area (Å²) in [5.41, 5.74) is 3.79. The molecule has 0 aliphatic heterocycles. The number of hydrogen-bond acceptors (Lipinski definition) is 2. The smallest absolute Gasteiger partial charge is 0.0410 e. The van der Waals surface area contributed by atoms with Crippen molar-refractivity contribution in [2.24, 2.45) is 0 Å². The number of hydrogen-bond donors (Lipinski definition) is 1. The SMILES string of the molecule is CCCNC(Cc1cncc(Br)c1)c1ccc(C)cc1Br. The van der Waals surface area contributed by atoms with Gasteiger partial charge in [-0.15, -0.1) is 0 Å². The molecule has 0 saturated carbocycles. The zero-order valence-corrected chi connectivity index (χ0v) is 15.5.